The molecular formula is C20H17ClFN7O2. The van der Waals surface area contributed by atoms with E-state index in [0.717, 1.165) is 5.56 Å². The lowest BCUT2D eigenvalue weighted by Gasteiger charge is -2.13. The van der Waals surface area contributed by atoms with Crippen LogP contribution in [0.4, 0.5) is 4.39 Å². The number of tetrazole rings is 1. The Hall–Kier alpha value is -3.79. The van der Waals surface area contributed by atoms with Gasteiger partial charge in [0.05, 0.1) is 13.2 Å². The highest BCUT2D eigenvalue weighted by Gasteiger charge is 2.22. The predicted octanol–water partition coefficient (Wildman–Crippen LogP) is 3.07. The molecular weight excluding hydrogens is 425 g/mol. The minimum Gasteiger partial charge on any atom is -0.465 e. The molecule has 0 atom stereocenters. The van der Waals surface area contributed by atoms with Crippen LogP contribution in [0, 0.1) is 5.82 Å². The van der Waals surface area contributed by atoms with E-state index in [9.17, 15) is 4.79 Å². The number of imidazole rings is 1. The molecule has 0 bridgehead atoms. The van der Waals surface area contributed by atoms with Gasteiger partial charge < -0.3 is 10.5 Å². The number of primary amides is 1. The summed E-state index contributed by atoms with van der Waals surface area (Å²) in [5.74, 6) is -0.863. The van der Waals surface area contributed by atoms with Crippen molar-refractivity contribution in [3.05, 3.63) is 64.7 Å². The van der Waals surface area contributed by atoms with Gasteiger partial charge >= 0.3 is 0 Å². The maximum atomic E-state index is 15.1. The summed E-state index contributed by atoms with van der Waals surface area (Å²) in [6, 6.07) is 12.2. The van der Waals surface area contributed by atoms with Crippen LogP contribution in [0.5, 0.6) is 6.01 Å². The van der Waals surface area contributed by atoms with Gasteiger partial charge in [-0.1, -0.05) is 48.0 Å². The molecule has 2 heterocycles. The lowest BCUT2D eigenvalue weighted by molar-refractivity contribution is 0.0990. The molecule has 0 unspecified atom stereocenters. The van der Waals surface area contributed by atoms with Crippen molar-refractivity contribution in [3.8, 4) is 28.5 Å². The van der Waals surface area contributed by atoms with Crippen molar-refractivity contribution in [2.24, 2.45) is 5.73 Å². The van der Waals surface area contributed by atoms with Crippen molar-refractivity contribution in [2.75, 3.05) is 6.61 Å². The molecule has 0 saturated carbocycles. The molecule has 0 aliphatic heterocycles. The van der Waals surface area contributed by atoms with E-state index in [1.165, 1.54) is 10.6 Å². The summed E-state index contributed by atoms with van der Waals surface area (Å²) in [6.07, 6.45) is 0. The highest BCUT2D eigenvalue weighted by atomic mass is 35.5. The average molecular weight is 442 g/mol. The molecule has 0 saturated heterocycles. The van der Waals surface area contributed by atoms with Crippen molar-refractivity contribution in [2.45, 2.75) is 13.5 Å². The first kappa shape index (κ1) is 20.5. The molecule has 0 aliphatic carbocycles. The van der Waals surface area contributed by atoms with Crippen molar-refractivity contribution in [1.29, 1.82) is 0 Å². The van der Waals surface area contributed by atoms with Crippen LogP contribution in [-0.2, 0) is 6.54 Å². The zero-order valence-corrected chi connectivity index (χ0v) is 17.1. The lowest BCUT2D eigenvalue weighted by Crippen LogP contribution is -2.19. The van der Waals surface area contributed by atoms with Gasteiger partial charge in [-0.05, 0) is 29.3 Å². The normalized spacial score (nSPS) is 10.9. The van der Waals surface area contributed by atoms with Gasteiger partial charge in [-0.15, -0.1) is 10.2 Å². The third-order valence-corrected chi connectivity index (χ3v) is 4.87. The quantitative estimate of drug-likeness (QED) is 0.454. The average Bonchev–Trinajstić information content (AvgIpc) is 3.38. The van der Waals surface area contributed by atoms with Gasteiger partial charge in [0.2, 0.25) is 5.82 Å². The highest BCUT2D eigenvalue weighted by molar-refractivity contribution is 6.32. The molecule has 3 N–H and O–H groups in total. The molecule has 2 aromatic carbocycles. The fourth-order valence-corrected chi connectivity index (χ4v) is 3.51. The van der Waals surface area contributed by atoms with E-state index in [1.54, 1.807) is 19.1 Å². The number of nitrogens with one attached hydrogen (secondary N) is 1. The zero-order chi connectivity index (χ0) is 22.0. The van der Waals surface area contributed by atoms with E-state index < -0.39 is 11.7 Å². The number of hydrogen-bond donors (Lipinski definition) is 2. The second kappa shape index (κ2) is 8.52. The van der Waals surface area contributed by atoms with Gasteiger partial charge in [-0.3, -0.25) is 9.36 Å². The molecule has 0 radical (unpaired) electrons. The molecule has 0 spiro atoms. The number of hydrogen-bond acceptors (Lipinski definition) is 6. The number of rotatable bonds is 7. The summed E-state index contributed by atoms with van der Waals surface area (Å²) >= 11 is 6.03. The Labute approximate surface area is 181 Å². The molecule has 1 amide bonds. The highest BCUT2D eigenvalue weighted by Crippen LogP contribution is 2.31. The number of H-pyrrole nitrogens is 1. The fraction of sp³-hybridized carbons (Fsp3) is 0.150. The lowest BCUT2D eigenvalue weighted by atomic mass is 9.98. The van der Waals surface area contributed by atoms with Crippen LogP contribution in [-0.4, -0.2) is 42.7 Å². The van der Waals surface area contributed by atoms with Gasteiger partial charge in [-0.2, -0.15) is 10.2 Å². The first-order valence-electron chi connectivity index (χ1n) is 9.29. The molecule has 2 aromatic heterocycles. The van der Waals surface area contributed by atoms with Crippen LogP contribution in [0.2, 0.25) is 5.15 Å². The first-order chi connectivity index (χ1) is 15.0. The number of ether oxygens (including phenoxy) is 1. The summed E-state index contributed by atoms with van der Waals surface area (Å²) in [6.45, 7) is 2.01. The first-order valence-corrected chi connectivity index (χ1v) is 9.67. The van der Waals surface area contributed by atoms with Crippen molar-refractivity contribution in [3.63, 3.8) is 0 Å². The second-order valence-electron chi connectivity index (χ2n) is 6.50. The maximum absolute atomic E-state index is 15.1. The number of carbonyl (C=O) groups excluding carboxylic acids is 1. The summed E-state index contributed by atoms with van der Waals surface area (Å²) in [5, 5.41) is 13.9. The summed E-state index contributed by atoms with van der Waals surface area (Å²) in [5.41, 5.74) is 7.77. The van der Waals surface area contributed by atoms with Crippen LogP contribution in [0.1, 0.15) is 23.0 Å². The predicted molar refractivity (Wildman–Crippen MR) is 111 cm³/mol. The molecule has 0 aliphatic rings. The van der Waals surface area contributed by atoms with Crippen molar-refractivity contribution < 1.29 is 13.9 Å². The summed E-state index contributed by atoms with van der Waals surface area (Å²) < 4.78 is 21.9. The molecule has 4 aromatic rings. The zero-order valence-electron chi connectivity index (χ0n) is 16.3. The Morgan fingerprint density at radius 3 is 2.68 bits per heavy atom. The number of amides is 1. The van der Waals surface area contributed by atoms with Crippen LogP contribution >= 0.6 is 11.6 Å². The van der Waals surface area contributed by atoms with Crippen molar-refractivity contribution in [1.82, 2.24) is 30.2 Å². The van der Waals surface area contributed by atoms with E-state index in [4.69, 9.17) is 22.1 Å². The number of halogens is 2. The van der Waals surface area contributed by atoms with Crippen LogP contribution in [0.15, 0.2) is 42.5 Å². The molecule has 11 heteroatoms. The van der Waals surface area contributed by atoms with Gasteiger partial charge in [0.1, 0.15) is 11.5 Å². The Kier molecular flexibility index (Phi) is 5.63. The third-order valence-electron chi connectivity index (χ3n) is 4.60. The van der Waals surface area contributed by atoms with Crippen molar-refractivity contribution >= 4 is 17.5 Å². The number of aromatic nitrogens is 6. The number of aromatic amines is 1. The third kappa shape index (κ3) is 3.97. The minimum absolute atomic E-state index is 0.0358. The molecule has 158 valence electrons. The molecule has 9 nitrogen and oxygen atoms in total. The maximum Gasteiger partial charge on any atom is 0.298 e. The standard InChI is InChI=1S/C20H17ClFN7O2/c1-2-31-20-24-17(21)16(18(23)30)29(20)10-12-8-7-11(9-15(12)22)13-5-3-4-6-14(13)19-25-27-28-26-19/h3-9H,2,10H2,1H3,(H2,23,30)(H,25,26,27,28). The fourth-order valence-electron chi connectivity index (χ4n) is 3.24. The summed E-state index contributed by atoms with van der Waals surface area (Å²) in [7, 11) is 0. The topological polar surface area (TPSA) is 125 Å². The van der Waals surface area contributed by atoms with E-state index >= 15 is 4.39 Å². The van der Waals surface area contributed by atoms with E-state index in [2.05, 4.69) is 25.6 Å². The summed E-state index contributed by atoms with van der Waals surface area (Å²) in [4.78, 5) is 15.8. The largest absolute Gasteiger partial charge is 0.465 e. The number of carbonyl (C=O) groups is 1. The van der Waals surface area contributed by atoms with Gasteiger partial charge in [-0.25, -0.2) is 4.39 Å². The van der Waals surface area contributed by atoms with Crippen LogP contribution in [0.25, 0.3) is 22.5 Å². The SMILES string of the molecule is CCOc1nc(Cl)c(C(N)=O)n1Cc1ccc(-c2ccccc2-c2nn[nH]n2)cc1F. The number of nitrogens with two attached hydrogens (primary N) is 1. The number of nitrogens with zero attached hydrogens (tertiary/aromatic N) is 5. The van der Waals surface area contributed by atoms with E-state index in [-0.39, 0.29) is 23.4 Å². The van der Waals surface area contributed by atoms with Gasteiger partial charge in [0.15, 0.2) is 5.15 Å². The molecule has 4 rings (SSSR count). The minimum atomic E-state index is -0.783. The van der Waals surface area contributed by atoms with Gasteiger partial charge in [0.25, 0.3) is 11.9 Å². The molecule has 0 fully saturated rings. The Morgan fingerprint density at radius 2 is 2.03 bits per heavy atom. The van der Waals surface area contributed by atoms with Crippen LogP contribution < -0.4 is 10.5 Å². The Morgan fingerprint density at radius 1 is 1.26 bits per heavy atom. The molecule has 31 heavy (non-hydrogen) atoms. The smallest absolute Gasteiger partial charge is 0.298 e. The van der Waals surface area contributed by atoms with E-state index in [0.29, 0.717) is 29.1 Å². The Balaban J connectivity index is 1.72. The monoisotopic (exact) mass is 441 g/mol. The second-order valence-corrected chi connectivity index (χ2v) is 6.86. The number of benzene rings is 2. The Bertz CT molecular complexity index is 1240. The van der Waals surface area contributed by atoms with Gasteiger partial charge in [0, 0.05) is 11.1 Å². The van der Waals surface area contributed by atoms with E-state index in [1.807, 2.05) is 24.3 Å². The van der Waals surface area contributed by atoms with Crippen LogP contribution in [0.3, 0.4) is 0 Å².